The molecule has 0 aliphatic rings. The number of hydrogen-bond acceptors (Lipinski definition) is 5. The van der Waals surface area contributed by atoms with E-state index in [0.29, 0.717) is 38.6 Å². The first kappa shape index (κ1) is 46.1. The molecule has 0 heterocycles. The van der Waals surface area contributed by atoms with E-state index in [4.69, 9.17) is 10.5 Å². The first-order valence-electron chi connectivity index (χ1n) is 20.5. The van der Waals surface area contributed by atoms with Crippen molar-refractivity contribution in [1.82, 2.24) is 5.32 Å². The van der Waals surface area contributed by atoms with Gasteiger partial charge in [-0.05, 0) is 64.0 Å². The highest BCUT2D eigenvalue weighted by Gasteiger charge is 2.19. The van der Waals surface area contributed by atoms with Crippen LogP contribution in [0.25, 0.3) is 0 Å². The summed E-state index contributed by atoms with van der Waals surface area (Å²) in [6.07, 6.45) is 38.4. The van der Waals surface area contributed by atoms with Gasteiger partial charge in [-0.2, -0.15) is 0 Å². The van der Waals surface area contributed by atoms with Crippen LogP contribution in [0.2, 0.25) is 0 Å². The van der Waals surface area contributed by atoms with Gasteiger partial charge in [0.2, 0.25) is 5.91 Å². The van der Waals surface area contributed by atoms with E-state index in [1.165, 1.54) is 122 Å². The Hall–Kier alpha value is -1.89. The number of esters is 1. The van der Waals surface area contributed by atoms with E-state index < -0.39 is 12.0 Å². The largest absolute Gasteiger partial charge is 0.480 e. The molecule has 2 unspecified atom stereocenters. The Labute approximate surface area is 296 Å². The van der Waals surface area contributed by atoms with Gasteiger partial charge in [0.1, 0.15) is 12.1 Å². The van der Waals surface area contributed by atoms with Gasteiger partial charge in [0.15, 0.2) is 0 Å². The van der Waals surface area contributed by atoms with Gasteiger partial charge >= 0.3 is 11.9 Å². The molecular weight excluding hydrogens is 600 g/mol. The van der Waals surface area contributed by atoms with Crippen molar-refractivity contribution in [2.24, 2.45) is 5.73 Å². The smallest absolute Gasteiger partial charge is 0.326 e. The first-order valence-corrected chi connectivity index (χ1v) is 20.5. The number of amides is 1. The molecule has 0 rings (SSSR count). The maximum atomic E-state index is 12.7. The summed E-state index contributed by atoms with van der Waals surface area (Å²) in [7, 11) is 0. The predicted molar refractivity (Wildman–Crippen MR) is 202 cm³/mol. The van der Waals surface area contributed by atoms with Crippen LogP contribution < -0.4 is 11.1 Å². The van der Waals surface area contributed by atoms with Crippen molar-refractivity contribution in [1.29, 1.82) is 0 Å². The number of carboxylic acid groups (broad SMARTS) is 1. The van der Waals surface area contributed by atoms with Crippen molar-refractivity contribution in [3.05, 3.63) is 12.2 Å². The van der Waals surface area contributed by atoms with Crippen LogP contribution in [0.3, 0.4) is 0 Å². The lowest BCUT2D eigenvalue weighted by atomic mass is 10.0. The standard InChI is InChI=1S/C41H78N2O5/c1-3-5-7-9-11-12-13-14-15-16-17-18-19-21-23-29-35-40(45)48-37(31-26-22-20-10-8-6-4-2)32-27-24-25-28-34-39(44)43-38(41(46)47)33-30-36-42/h26,31,37-38H,3-25,27-30,32-36,42H2,1-2H3,(H,43,44)(H,46,47)/b31-26-. The van der Waals surface area contributed by atoms with Crippen LogP contribution in [0.4, 0.5) is 0 Å². The molecule has 0 fully saturated rings. The van der Waals surface area contributed by atoms with Gasteiger partial charge in [0, 0.05) is 12.8 Å². The SMILES string of the molecule is CCCCCCC/C=C\C(CCCCCCC(=O)NC(CCCN)C(=O)O)OC(=O)CCCCCCCCCCCCCCCCCC. The zero-order chi connectivity index (χ0) is 35.3. The van der Waals surface area contributed by atoms with Crippen molar-refractivity contribution in [3.63, 3.8) is 0 Å². The Morgan fingerprint density at radius 1 is 0.604 bits per heavy atom. The molecular formula is C41H78N2O5. The predicted octanol–water partition coefficient (Wildman–Crippen LogP) is 11.1. The minimum absolute atomic E-state index is 0.0859. The molecule has 4 N–H and O–H groups in total. The van der Waals surface area contributed by atoms with E-state index in [1.807, 2.05) is 0 Å². The molecule has 2 atom stereocenters. The maximum absolute atomic E-state index is 12.7. The Kier molecular flexibility index (Phi) is 35.0. The van der Waals surface area contributed by atoms with E-state index in [9.17, 15) is 19.5 Å². The summed E-state index contributed by atoms with van der Waals surface area (Å²) in [5.74, 6) is -1.32. The molecule has 7 nitrogen and oxygen atoms in total. The van der Waals surface area contributed by atoms with Crippen LogP contribution >= 0.6 is 0 Å². The van der Waals surface area contributed by atoms with Crippen LogP contribution in [0, 0.1) is 0 Å². The average Bonchev–Trinajstić information content (AvgIpc) is 3.07. The number of carbonyl (C=O) groups is 3. The van der Waals surface area contributed by atoms with Gasteiger partial charge in [0.25, 0.3) is 0 Å². The Bertz CT molecular complexity index is 772. The van der Waals surface area contributed by atoms with Crippen LogP contribution in [0.15, 0.2) is 12.2 Å². The fourth-order valence-electron chi connectivity index (χ4n) is 6.18. The van der Waals surface area contributed by atoms with Crippen molar-refractivity contribution < 1.29 is 24.2 Å². The second-order valence-corrected chi connectivity index (χ2v) is 14.1. The minimum Gasteiger partial charge on any atom is -0.480 e. The molecule has 0 aliphatic heterocycles. The monoisotopic (exact) mass is 679 g/mol. The number of nitrogens with two attached hydrogens (primary N) is 1. The van der Waals surface area contributed by atoms with Crippen molar-refractivity contribution in [2.45, 2.75) is 225 Å². The van der Waals surface area contributed by atoms with Crippen LogP contribution in [0.1, 0.15) is 213 Å². The number of hydrogen-bond donors (Lipinski definition) is 3. The third-order valence-electron chi connectivity index (χ3n) is 9.32. The number of unbranched alkanes of at least 4 members (excludes halogenated alkanes) is 23. The van der Waals surface area contributed by atoms with Crippen molar-refractivity contribution in [3.8, 4) is 0 Å². The molecule has 282 valence electrons. The van der Waals surface area contributed by atoms with Crippen LogP contribution in [0.5, 0.6) is 0 Å². The van der Waals surface area contributed by atoms with E-state index in [2.05, 4.69) is 31.3 Å². The normalized spacial score (nSPS) is 12.7. The maximum Gasteiger partial charge on any atom is 0.326 e. The van der Waals surface area contributed by atoms with Crippen LogP contribution in [-0.4, -0.2) is 41.6 Å². The zero-order valence-electron chi connectivity index (χ0n) is 31.6. The summed E-state index contributed by atoms with van der Waals surface area (Å²) in [5.41, 5.74) is 5.47. The number of aliphatic carboxylic acids is 1. The van der Waals surface area contributed by atoms with Gasteiger partial charge in [0.05, 0.1) is 0 Å². The minimum atomic E-state index is -1.01. The van der Waals surface area contributed by atoms with Gasteiger partial charge in [-0.25, -0.2) is 4.79 Å². The second-order valence-electron chi connectivity index (χ2n) is 14.1. The summed E-state index contributed by atoms with van der Waals surface area (Å²) in [6, 6.07) is -0.867. The number of carboxylic acids is 1. The number of allylic oxidation sites excluding steroid dienone is 1. The lowest BCUT2D eigenvalue weighted by molar-refractivity contribution is -0.147. The highest BCUT2D eigenvalue weighted by atomic mass is 16.5. The van der Waals surface area contributed by atoms with Crippen molar-refractivity contribution in [2.75, 3.05) is 6.54 Å². The quantitative estimate of drug-likeness (QED) is 0.0342. The molecule has 48 heavy (non-hydrogen) atoms. The molecule has 0 radical (unpaired) electrons. The van der Waals surface area contributed by atoms with E-state index >= 15 is 0 Å². The first-order chi connectivity index (χ1) is 23.4. The molecule has 0 aromatic heterocycles. The summed E-state index contributed by atoms with van der Waals surface area (Å²) in [5, 5.41) is 11.9. The highest BCUT2D eigenvalue weighted by Crippen LogP contribution is 2.16. The third kappa shape index (κ3) is 32.6. The fraction of sp³-hybridized carbons (Fsp3) is 0.878. The van der Waals surface area contributed by atoms with E-state index in [-0.39, 0.29) is 18.0 Å². The zero-order valence-corrected chi connectivity index (χ0v) is 31.6. The Balaban J connectivity index is 4.18. The lowest BCUT2D eigenvalue weighted by Gasteiger charge is -2.15. The molecule has 1 amide bonds. The Morgan fingerprint density at radius 3 is 1.56 bits per heavy atom. The molecule has 7 heteroatoms. The summed E-state index contributed by atoms with van der Waals surface area (Å²) < 4.78 is 5.91. The summed E-state index contributed by atoms with van der Waals surface area (Å²) in [6.45, 7) is 4.91. The average molecular weight is 679 g/mol. The van der Waals surface area contributed by atoms with E-state index in [1.54, 1.807) is 0 Å². The number of ether oxygens (including phenoxy) is 1. The molecule has 0 bridgehead atoms. The third-order valence-corrected chi connectivity index (χ3v) is 9.32. The molecule has 0 saturated heterocycles. The van der Waals surface area contributed by atoms with Crippen LogP contribution in [-0.2, 0) is 19.1 Å². The molecule has 0 saturated carbocycles. The molecule has 0 spiro atoms. The number of carbonyl (C=O) groups excluding carboxylic acids is 2. The Morgan fingerprint density at radius 2 is 1.06 bits per heavy atom. The topological polar surface area (TPSA) is 119 Å². The van der Waals surface area contributed by atoms with Gasteiger partial charge < -0.3 is 20.9 Å². The molecule has 0 aromatic rings. The highest BCUT2D eigenvalue weighted by molar-refractivity contribution is 5.83. The molecule has 0 aromatic carbocycles. The van der Waals surface area contributed by atoms with Gasteiger partial charge in [-0.15, -0.1) is 0 Å². The lowest BCUT2D eigenvalue weighted by Crippen LogP contribution is -2.40. The fourth-order valence-corrected chi connectivity index (χ4v) is 6.18. The summed E-state index contributed by atoms with van der Waals surface area (Å²) >= 11 is 0. The number of nitrogens with one attached hydrogen (secondary N) is 1. The van der Waals surface area contributed by atoms with Gasteiger partial charge in [-0.1, -0.05) is 155 Å². The van der Waals surface area contributed by atoms with Crippen molar-refractivity contribution >= 4 is 17.8 Å². The summed E-state index contributed by atoms with van der Waals surface area (Å²) in [4.78, 5) is 36.2. The molecule has 0 aliphatic carbocycles. The number of rotatable bonds is 37. The van der Waals surface area contributed by atoms with E-state index in [0.717, 1.165) is 44.9 Å². The van der Waals surface area contributed by atoms with Gasteiger partial charge in [-0.3, -0.25) is 9.59 Å². The second kappa shape index (κ2) is 36.4.